The van der Waals surface area contributed by atoms with Crippen molar-refractivity contribution in [1.82, 2.24) is 0 Å². The lowest BCUT2D eigenvalue weighted by atomic mass is 10.0. The molecular weight excluding hydrogens is 152 g/mol. The SMILES string of the molecule is Cc1cc(C)c2c(c1)SCC2. The molecule has 1 aliphatic heterocycles. The average Bonchev–Trinajstić information content (AvgIpc) is 2.34. The topological polar surface area (TPSA) is 0 Å². The number of thioether (sulfide) groups is 1. The third kappa shape index (κ3) is 1.18. The molecular formula is C10H12S. The van der Waals surface area contributed by atoms with E-state index in [4.69, 9.17) is 0 Å². The molecule has 0 saturated carbocycles. The number of rotatable bonds is 0. The third-order valence-corrected chi connectivity index (χ3v) is 3.27. The molecule has 2 rings (SSSR count). The van der Waals surface area contributed by atoms with Crippen LogP contribution in [0.4, 0.5) is 0 Å². The first-order valence-corrected chi connectivity index (χ1v) is 4.99. The van der Waals surface area contributed by atoms with E-state index in [0.717, 1.165) is 0 Å². The van der Waals surface area contributed by atoms with E-state index in [1.807, 2.05) is 11.8 Å². The van der Waals surface area contributed by atoms with Crippen molar-refractivity contribution in [1.29, 1.82) is 0 Å². The van der Waals surface area contributed by atoms with Crippen LogP contribution in [0.3, 0.4) is 0 Å². The highest BCUT2D eigenvalue weighted by Gasteiger charge is 2.13. The number of hydrogen-bond donors (Lipinski definition) is 0. The van der Waals surface area contributed by atoms with Crippen molar-refractivity contribution in [3.8, 4) is 0 Å². The molecule has 0 radical (unpaired) electrons. The van der Waals surface area contributed by atoms with Crippen LogP contribution < -0.4 is 0 Å². The summed E-state index contributed by atoms with van der Waals surface area (Å²) < 4.78 is 0. The van der Waals surface area contributed by atoms with Crippen molar-refractivity contribution in [2.24, 2.45) is 0 Å². The van der Waals surface area contributed by atoms with Crippen LogP contribution >= 0.6 is 11.8 Å². The molecule has 0 nitrogen and oxygen atoms in total. The molecule has 0 amide bonds. The summed E-state index contributed by atoms with van der Waals surface area (Å²) in [6.07, 6.45) is 1.27. The predicted molar refractivity (Wildman–Crippen MR) is 50.3 cm³/mol. The van der Waals surface area contributed by atoms with Crippen LogP contribution in [0, 0.1) is 13.8 Å². The predicted octanol–water partition coefficient (Wildman–Crippen LogP) is 2.95. The van der Waals surface area contributed by atoms with Crippen molar-refractivity contribution in [2.45, 2.75) is 25.2 Å². The Kier molecular flexibility index (Phi) is 1.68. The van der Waals surface area contributed by atoms with Gasteiger partial charge in [0.1, 0.15) is 0 Å². The van der Waals surface area contributed by atoms with Gasteiger partial charge in [0.2, 0.25) is 0 Å². The van der Waals surface area contributed by atoms with Gasteiger partial charge in [-0.05, 0) is 43.0 Å². The summed E-state index contributed by atoms with van der Waals surface area (Å²) in [6, 6.07) is 4.59. The minimum atomic E-state index is 1.27. The van der Waals surface area contributed by atoms with Crippen LogP contribution in [-0.4, -0.2) is 5.75 Å². The first-order chi connectivity index (χ1) is 5.27. The first kappa shape index (κ1) is 7.23. The molecule has 1 heterocycles. The molecule has 1 aliphatic rings. The Bertz CT molecular complexity index is 289. The van der Waals surface area contributed by atoms with Crippen molar-refractivity contribution in [3.63, 3.8) is 0 Å². The molecule has 0 atom stereocenters. The molecule has 0 saturated heterocycles. The number of hydrogen-bond acceptors (Lipinski definition) is 1. The standard InChI is InChI=1S/C10H12S/c1-7-5-8(2)9-3-4-11-10(9)6-7/h5-6H,3-4H2,1-2H3. The van der Waals surface area contributed by atoms with Crippen molar-refractivity contribution in [3.05, 3.63) is 28.8 Å². The molecule has 0 aliphatic carbocycles. The Balaban J connectivity index is 2.60. The summed E-state index contributed by atoms with van der Waals surface area (Å²) in [4.78, 5) is 1.52. The molecule has 0 bridgehead atoms. The van der Waals surface area contributed by atoms with Crippen LogP contribution in [0.25, 0.3) is 0 Å². The molecule has 0 N–H and O–H groups in total. The summed E-state index contributed by atoms with van der Waals surface area (Å²) in [5.74, 6) is 1.28. The van der Waals surface area contributed by atoms with E-state index in [1.54, 1.807) is 5.56 Å². The Morgan fingerprint density at radius 2 is 2.09 bits per heavy atom. The average molecular weight is 164 g/mol. The van der Waals surface area contributed by atoms with Crippen molar-refractivity contribution in [2.75, 3.05) is 5.75 Å². The lowest BCUT2D eigenvalue weighted by Crippen LogP contribution is -1.87. The van der Waals surface area contributed by atoms with Gasteiger partial charge in [-0.2, -0.15) is 0 Å². The third-order valence-electron chi connectivity index (χ3n) is 2.19. The van der Waals surface area contributed by atoms with Crippen LogP contribution in [-0.2, 0) is 6.42 Å². The Hall–Kier alpha value is -0.430. The maximum absolute atomic E-state index is 2.31. The van der Waals surface area contributed by atoms with Gasteiger partial charge < -0.3 is 0 Å². The van der Waals surface area contributed by atoms with Gasteiger partial charge in [-0.1, -0.05) is 6.07 Å². The second kappa shape index (κ2) is 2.56. The van der Waals surface area contributed by atoms with Crippen molar-refractivity contribution < 1.29 is 0 Å². The Labute approximate surface area is 72.0 Å². The molecule has 0 aromatic heterocycles. The smallest absolute Gasteiger partial charge is 0.0110 e. The molecule has 0 fully saturated rings. The van der Waals surface area contributed by atoms with Gasteiger partial charge in [0.05, 0.1) is 0 Å². The van der Waals surface area contributed by atoms with Gasteiger partial charge >= 0.3 is 0 Å². The first-order valence-electron chi connectivity index (χ1n) is 4.00. The highest BCUT2D eigenvalue weighted by Crippen LogP contribution is 2.33. The quantitative estimate of drug-likeness (QED) is 0.568. The maximum atomic E-state index is 2.31. The van der Waals surface area contributed by atoms with Gasteiger partial charge in [0.15, 0.2) is 0 Å². The summed E-state index contributed by atoms with van der Waals surface area (Å²) in [5, 5.41) is 0. The minimum absolute atomic E-state index is 1.27. The highest BCUT2D eigenvalue weighted by molar-refractivity contribution is 7.99. The van der Waals surface area contributed by atoms with E-state index in [9.17, 15) is 0 Å². The normalized spacial score (nSPS) is 15.1. The number of aryl methyl sites for hydroxylation is 2. The van der Waals surface area contributed by atoms with Gasteiger partial charge in [0, 0.05) is 10.6 Å². The van der Waals surface area contributed by atoms with Gasteiger partial charge in [0.25, 0.3) is 0 Å². The largest absolute Gasteiger partial charge is 0.126 e. The van der Waals surface area contributed by atoms with Gasteiger partial charge in [-0.15, -0.1) is 11.8 Å². The summed E-state index contributed by atoms with van der Waals surface area (Å²) in [6.45, 7) is 4.39. The summed E-state index contributed by atoms with van der Waals surface area (Å²) >= 11 is 2.00. The number of benzene rings is 1. The summed E-state index contributed by atoms with van der Waals surface area (Å²) in [5.41, 5.74) is 4.46. The zero-order chi connectivity index (χ0) is 7.84. The van der Waals surface area contributed by atoms with Crippen LogP contribution in [0.5, 0.6) is 0 Å². The fraction of sp³-hybridized carbons (Fsp3) is 0.400. The molecule has 0 spiro atoms. The van der Waals surface area contributed by atoms with Crippen LogP contribution in [0.1, 0.15) is 16.7 Å². The van der Waals surface area contributed by atoms with E-state index in [0.29, 0.717) is 0 Å². The fourth-order valence-electron chi connectivity index (χ4n) is 1.67. The lowest BCUT2D eigenvalue weighted by Gasteiger charge is -2.03. The van der Waals surface area contributed by atoms with E-state index < -0.39 is 0 Å². The second-order valence-corrected chi connectivity index (χ2v) is 4.29. The monoisotopic (exact) mass is 164 g/mol. The van der Waals surface area contributed by atoms with Crippen LogP contribution in [0.2, 0.25) is 0 Å². The van der Waals surface area contributed by atoms with E-state index in [-0.39, 0.29) is 0 Å². The molecule has 1 aromatic rings. The fourth-order valence-corrected chi connectivity index (χ4v) is 2.90. The second-order valence-electron chi connectivity index (χ2n) is 3.16. The zero-order valence-electron chi connectivity index (χ0n) is 6.98. The number of fused-ring (bicyclic) bond motifs is 1. The molecule has 0 unspecified atom stereocenters. The zero-order valence-corrected chi connectivity index (χ0v) is 7.79. The molecule has 1 heteroatoms. The summed E-state index contributed by atoms with van der Waals surface area (Å²) in [7, 11) is 0. The molecule has 1 aromatic carbocycles. The molecule has 11 heavy (non-hydrogen) atoms. The van der Waals surface area contributed by atoms with Crippen molar-refractivity contribution >= 4 is 11.8 Å². The van der Waals surface area contributed by atoms with E-state index in [1.165, 1.54) is 28.2 Å². The van der Waals surface area contributed by atoms with Gasteiger partial charge in [-0.25, -0.2) is 0 Å². The Morgan fingerprint density at radius 1 is 1.27 bits per heavy atom. The van der Waals surface area contributed by atoms with E-state index in [2.05, 4.69) is 26.0 Å². The van der Waals surface area contributed by atoms with E-state index >= 15 is 0 Å². The van der Waals surface area contributed by atoms with Gasteiger partial charge in [-0.3, -0.25) is 0 Å². The lowest BCUT2D eigenvalue weighted by molar-refractivity contribution is 1.10. The Morgan fingerprint density at radius 3 is 2.91 bits per heavy atom. The minimum Gasteiger partial charge on any atom is -0.126 e. The maximum Gasteiger partial charge on any atom is 0.0110 e. The molecule has 58 valence electrons. The highest BCUT2D eigenvalue weighted by atomic mass is 32.2. The van der Waals surface area contributed by atoms with Crippen LogP contribution in [0.15, 0.2) is 17.0 Å².